The number of halogens is 1. The highest BCUT2D eigenvalue weighted by Crippen LogP contribution is 2.29. The predicted molar refractivity (Wildman–Crippen MR) is 90.5 cm³/mol. The maximum atomic E-state index is 12.3. The Labute approximate surface area is 141 Å². The summed E-state index contributed by atoms with van der Waals surface area (Å²) >= 11 is 6.38. The largest absolute Gasteiger partial charge is 0.350 e. The fraction of sp³-hybridized carbons (Fsp3) is 0.412. The number of amides is 1. The van der Waals surface area contributed by atoms with Crippen LogP contribution in [0.15, 0.2) is 36.7 Å². The van der Waals surface area contributed by atoms with Crippen LogP contribution in [-0.2, 0) is 7.05 Å². The molecule has 3 rings (SSSR count). The van der Waals surface area contributed by atoms with Gasteiger partial charge in [-0.25, -0.2) is 0 Å². The molecule has 1 fully saturated rings. The number of aromatic nitrogens is 2. The Kier molecular flexibility index (Phi) is 4.98. The van der Waals surface area contributed by atoms with Crippen LogP contribution in [0.5, 0.6) is 0 Å². The first-order valence-corrected chi connectivity index (χ1v) is 8.28. The molecule has 0 spiro atoms. The first-order chi connectivity index (χ1) is 11.1. The maximum absolute atomic E-state index is 12.3. The zero-order valence-corrected chi connectivity index (χ0v) is 14.0. The van der Waals surface area contributed by atoms with Gasteiger partial charge in [-0.1, -0.05) is 29.8 Å². The van der Waals surface area contributed by atoms with Crippen LogP contribution in [-0.4, -0.2) is 40.2 Å². The van der Waals surface area contributed by atoms with Gasteiger partial charge >= 0.3 is 0 Å². The van der Waals surface area contributed by atoms with E-state index in [0.717, 1.165) is 23.7 Å². The van der Waals surface area contributed by atoms with Gasteiger partial charge in [0.1, 0.15) is 0 Å². The number of likely N-dealkylation sites (tertiary alicyclic amines) is 1. The van der Waals surface area contributed by atoms with Crippen molar-refractivity contribution in [1.29, 1.82) is 0 Å². The minimum atomic E-state index is -0.102. The number of carbonyl (C=O) groups excluding carboxylic acids is 1. The molecule has 2 aromatic rings. The normalized spacial score (nSPS) is 16.4. The van der Waals surface area contributed by atoms with Crippen LogP contribution < -0.4 is 5.32 Å². The Morgan fingerprint density at radius 3 is 2.74 bits per heavy atom. The molecule has 1 atom stereocenters. The van der Waals surface area contributed by atoms with Crippen molar-refractivity contribution >= 4 is 17.5 Å². The van der Waals surface area contributed by atoms with Gasteiger partial charge in [0.25, 0.3) is 5.91 Å². The van der Waals surface area contributed by atoms with Gasteiger partial charge in [-0.15, -0.1) is 0 Å². The van der Waals surface area contributed by atoms with Crippen LogP contribution in [0.3, 0.4) is 0 Å². The fourth-order valence-corrected chi connectivity index (χ4v) is 3.33. The summed E-state index contributed by atoms with van der Waals surface area (Å²) in [5, 5.41) is 7.81. The monoisotopic (exact) mass is 332 g/mol. The van der Waals surface area contributed by atoms with Gasteiger partial charge in [-0.3, -0.25) is 14.4 Å². The molecular weight excluding hydrogens is 312 g/mol. The molecule has 1 aliphatic heterocycles. The minimum Gasteiger partial charge on any atom is -0.350 e. The van der Waals surface area contributed by atoms with Gasteiger partial charge < -0.3 is 5.32 Å². The Balaban J connectivity index is 1.74. The van der Waals surface area contributed by atoms with Crippen LogP contribution in [0.1, 0.15) is 34.8 Å². The van der Waals surface area contributed by atoms with E-state index in [-0.39, 0.29) is 11.9 Å². The summed E-state index contributed by atoms with van der Waals surface area (Å²) in [5.41, 5.74) is 1.65. The lowest BCUT2D eigenvalue weighted by Gasteiger charge is -2.28. The molecular formula is C17H21ClN4O. The molecule has 1 aromatic heterocycles. The van der Waals surface area contributed by atoms with Gasteiger partial charge in [0.05, 0.1) is 17.8 Å². The van der Waals surface area contributed by atoms with Crippen LogP contribution in [0, 0.1) is 0 Å². The minimum absolute atomic E-state index is 0.102. The summed E-state index contributed by atoms with van der Waals surface area (Å²) < 4.78 is 1.63. The molecule has 6 heteroatoms. The Morgan fingerprint density at radius 2 is 2.09 bits per heavy atom. The molecule has 1 N–H and O–H groups in total. The summed E-state index contributed by atoms with van der Waals surface area (Å²) in [6.07, 6.45) is 5.68. The highest BCUT2D eigenvalue weighted by atomic mass is 35.5. The van der Waals surface area contributed by atoms with E-state index in [2.05, 4.69) is 15.3 Å². The van der Waals surface area contributed by atoms with E-state index in [0.29, 0.717) is 12.1 Å². The predicted octanol–water partition coefficient (Wildman–Crippen LogP) is 2.64. The van der Waals surface area contributed by atoms with E-state index in [4.69, 9.17) is 11.6 Å². The molecule has 0 saturated carbocycles. The van der Waals surface area contributed by atoms with Gasteiger partial charge in [-0.05, 0) is 37.6 Å². The molecule has 23 heavy (non-hydrogen) atoms. The second-order valence-electron chi connectivity index (χ2n) is 5.89. The molecule has 122 valence electrons. The number of rotatable bonds is 5. The number of carbonyl (C=O) groups is 1. The molecule has 0 bridgehead atoms. The second kappa shape index (κ2) is 7.15. The summed E-state index contributed by atoms with van der Waals surface area (Å²) in [6.45, 7) is 2.62. The van der Waals surface area contributed by atoms with E-state index in [1.165, 1.54) is 12.8 Å². The number of hydrogen-bond acceptors (Lipinski definition) is 3. The van der Waals surface area contributed by atoms with Crippen molar-refractivity contribution in [1.82, 2.24) is 20.0 Å². The van der Waals surface area contributed by atoms with E-state index in [9.17, 15) is 4.79 Å². The van der Waals surface area contributed by atoms with Crippen molar-refractivity contribution in [3.63, 3.8) is 0 Å². The number of nitrogens with zero attached hydrogens (tertiary/aromatic N) is 3. The molecule has 1 amide bonds. The SMILES string of the molecule is Cn1cc(C(=O)NC[C@@H](c2ccccc2Cl)N2CCCC2)cn1. The summed E-state index contributed by atoms with van der Waals surface area (Å²) in [6, 6.07) is 7.98. The standard InChI is InChI=1S/C17H21ClN4O/c1-21-12-13(10-20-21)17(23)19-11-16(22-8-4-5-9-22)14-6-2-3-7-15(14)18/h2-3,6-7,10,12,16H,4-5,8-9,11H2,1H3,(H,19,23)/t16-/m0/s1. The van der Waals surface area contributed by atoms with Crippen molar-refractivity contribution in [2.24, 2.45) is 7.05 Å². The topological polar surface area (TPSA) is 50.2 Å². The van der Waals surface area contributed by atoms with Crippen LogP contribution in [0.2, 0.25) is 5.02 Å². The zero-order valence-electron chi connectivity index (χ0n) is 13.2. The van der Waals surface area contributed by atoms with E-state index in [1.807, 2.05) is 24.3 Å². The van der Waals surface area contributed by atoms with Crippen LogP contribution >= 0.6 is 11.6 Å². The molecule has 0 aliphatic carbocycles. The Morgan fingerprint density at radius 1 is 1.35 bits per heavy atom. The van der Waals surface area contributed by atoms with Crippen molar-refractivity contribution in [3.05, 3.63) is 52.8 Å². The molecule has 5 nitrogen and oxygen atoms in total. The average Bonchev–Trinajstić information content (AvgIpc) is 3.21. The van der Waals surface area contributed by atoms with Gasteiger partial charge in [0.15, 0.2) is 0 Å². The van der Waals surface area contributed by atoms with E-state index in [1.54, 1.807) is 24.1 Å². The Hall–Kier alpha value is -1.85. The second-order valence-corrected chi connectivity index (χ2v) is 6.30. The summed E-state index contributed by atoms with van der Waals surface area (Å²) in [4.78, 5) is 14.7. The molecule has 1 aromatic carbocycles. The number of nitrogens with one attached hydrogen (secondary N) is 1. The van der Waals surface area contributed by atoms with Gasteiger partial charge in [0, 0.05) is 24.8 Å². The molecule has 1 aliphatic rings. The van der Waals surface area contributed by atoms with Crippen LogP contribution in [0.4, 0.5) is 0 Å². The van der Waals surface area contributed by atoms with Gasteiger partial charge in [-0.2, -0.15) is 5.10 Å². The molecule has 0 radical (unpaired) electrons. The third kappa shape index (κ3) is 3.74. The fourth-order valence-electron chi connectivity index (χ4n) is 3.06. The summed E-state index contributed by atoms with van der Waals surface area (Å²) in [5.74, 6) is -0.102. The van der Waals surface area contributed by atoms with Crippen molar-refractivity contribution in [2.75, 3.05) is 19.6 Å². The average molecular weight is 333 g/mol. The third-order valence-electron chi connectivity index (χ3n) is 4.27. The van der Waals surface area contributed by atoms with Crippen LogP contribution in [0.25, 0.3) is 0 Å². The lowest BCUT2D eigenvalue weighted by molar-refractivity contribution is 0.0938. The van der Waals surface area contributed by atoms with Crippen molar-refractivity contribution in [2.45, 2.75) is 18.9 Å². The lowest BCUT2D eigenvalue weighted by atomic mass is 10.1. The first kappa shape index (κ1) is 16.0. The smallest absolute Gasteiger partial charge is 0.254 e. The van der Waals surface area contributed by atoms with Crippen molar-refractivity contribution in [3.8, 4) is 0 Å². The van der Waals surface area contributed by atoms with E-state index < -0.39 is 0 Å². The quantitative estimate of drug-likeness (QED) is 0.915. The summed E-state index contributed by atoms with van der Waals surface area (Å²) in [7, 11) is 1.80. The molecule has 1 saturated heterocycles. The third-order valence-corrected chi connectivity index (χ3v) is 4.61. The maximum Gasteiger partial charge on any atom is 0.254 e. The zero-order chi connectivity index (χ0) is 16.2. The highest BCUT2D eigenvalue weighted by Gasteiger charge is 2.25. The Bertz CT molecular complexity index is 679. The number of benzene rings is 1. The number of aryl methyl sites for hydroxylation is 1. The lowest BCUT2D eigenvalue weighted by Crippen LogP contribution is -2.36. The van der Waals surface area contributed by atoms with Crippen molar-refractivity contribution < 1.29 is 4.79 Å². The van der Waals surface area contributed by atoms with Gasteiger partial charge in [0.2, 0.25) is 0 Å². The first-order valence-electron chi connectivity index (χ1n) is 7.90. The highest BCUT2D eigenvalue weighted by molar-refractivity contribution is 6.31. The number of hydrogen-bond donors (Lipinski definition) is 1. The molecule has 0 unspecified atom stereocenters. The molecule has 2 heterocycles. The van der Waals surface area contributed by atoms with E-state index >= 15 is 0 Å².